The minimum Gasteiger partial charge on any atom is -0.422 e. The molecule has 1 unspecified atom stereocenters. The SMILES string of the molecule is O=C(c1cccc(-c2cc3ccccc3oc2=O)c1)N1CCOC2(C[C@H]3CC[C@@H](C2)N3)C1. The molecule has 3 fully saturated rings. The van der Waals surface area contributed by atoms with E-state index in [0.717, 1.165) is 18.2 Å². The Kier molecular flexibility index (Phi) is 4.66. The van der Waals surface area contributed by atoms with Crippen molar-refractivity contribution >= 4 is 16.9 Å². The van der Waals surface area contributed by atoms with E-state index < -0.39 is 5.63 Å². The van der Waals surface area contributed by atoms with Crippen molar-refractivity contribution in [2.24, 2.45) is 0 Å². The summed E-state index contributed by atoms with van der Waals surface area (Å²) < 4.78 is 11.8. The highest BCUT2D eigenvalue weighted by atomic mass is 16.5. The largest absolute Gasteiger partial charge is 0.422 e. The van der Waals surface area contributed by atoms with E-state index in [4.69, 9.17) is 9.15 Å². The van der Waals surface area contributed by atoms with E-state index in [1.54, 1.807) is 12.1 Å². The Morgan fingerprint density at radius 1 is 1.03 bits per heavy atom. The molecule has 1 N–H and O–H groups in total. The molecule has 4 heterocycles. The number of para-hydroxylation sites is 1. The summed E-state index contributed by atoms with van der Waals surface area (Å²) in [7, 11) is 0. The van der Waals surface area contributed by atoms with E-state index in [2.05, 4.69) is 5.32 Å². The lowest BCUT2D eigenvalue weighted by molar-refractivity contribution is -0.122. The maximum Gasteiger partial charge on any atom is 0.344 e. The Hall–Kier alpha value is -2.96. The Labute approximate surface area is 186 Å². The van der Waals surface area contributed by atoms with Crippen molar-refractivity contribution in [1.29, 1.82) is 0 Å². The molecule has 2 bridgehead atoms. The van der Waals surface area contributed by atoms with Gasteiger partial charge in [-0.25, -0.2) is 4.79 Å². The van der Waals surface area contributed by atoms with Crippen molar-refractivity contribution in [3.63, 3.8) is 0 Å². The van der Waals surface area contributed by atoms with Gasteiger partial charge in [-0.1, -0.05) is 30.3 Å². The van der Waals surface area contributed by atoms with Gasteiger partial charge in [0.1, 0.15) is 5.58 Å². The van der Waals surface area contributed by atoms with Crippen LogP contribution in [0, 0.1) is 0 Å². The highest BCUT2D eigenvalue weighted by Crippen LogP contribution is 2.38. The van der Waals surface area contributed by atoms with E-state index in [0.29, 0.717) is 54.1 Å². The zero-order valence-electron chi connectivity index (χ0n) is 17.9. The maximum atomic E-state index is 13.4. The van der Waals surface area contributed by atoms with Crippen molar-refractivity contribution in [2.45, 2.75) is 43.4 Å². The van der Waals surface area contributed by atoms with Crippen LogP contribution in [0.25, 0.3) is 22.1 Å². The fourth-order valence-electron chi connectivity index (χ4n) is 5.74. The van der Waals surface area contributed by atoms with Gasteiger partial charge in [0.15, 0.2) is 0 Å². The van der Waals surface area contributed by atoms with Crippen molar-refractivity contribution in [3.8, 4) is 11.1 Å². The molecule has 1 amide bonds. The molecule has 6 rings (SSSR count). The first kappa shape index (κ1) is 19.7. The third-order valence-corrected chi connectivity index (χ3v) is 7.17. The molecule has 1 spiro atoms. The van der Waals surface area contributed by atoms with Gasteiger partial charge in [0.25, 0.3) is 5.91 Å². The minimum atomic E-state index is -0.399. The second-order valence-electron chi connectivity index (χ2n) is 9.37. The molecule has 2 aromatic carbocycles. The van der Waals surface area contributed by atoms with Crippen LogP contribution < -0.4 is 10.9 Å². The number of nitrogens with one attached hydrogen (secondary N) is 1. The highest BCUT2D eigenvalue weighted by Gasteiger charge is 2.47. The average molecular weight is 431 g/mol. The molecule has 0 saturated carbocycles. The number of morpholine rings is 1. The van der Waals surface area contributed by atoms with E-state index in [9.17, 15) is 9.59 Å². The van der Waals surface area contributed by atoms with Crippen molar-refractivity contribution < 1.29 is 13.9 Å². The van der Waals surface area contributed by atoms with E-state index in [-0.39, 0.29) is 11.5 Å². The van der Waals surface area contributed by atoms with Crippen molar-refractivity contribution in [1.82, 2.24) is 10.2 Å². The number of piperidine rings is 1. The molecular formula is C26H26N2O4. The number of hydrogen-bond donors (Lipinski definition) is 1. The summed E-state index contributed by atoms with van der Waals surface area (Å²) in [4.78, 5) is 28.0. The van der Waals surface area contributed by atoms with Crippen LogP contribution in [0.2, 0.25) is 0 Å². The molecular weight excluding hydrogens is 404 g/mol. The van der Waals surface area contributed by atoms with Crippen molar-refractivity contribution in [3.05, 3.63) is 70.6 Å². The zero-order valence-corrected chi connectivity index (χ0v) is 17.9. The smallest absolute Gasteiger partial charge is 0.344 e. The van der Waals surface area contributed by atoms with Crippen molar-refractivity contribution in [2.75, 3.05) is 19.7 Å². The van der Waals surface area contributed by atoms with E-state index in [1.165, 1.54) is 12.8 Å². The third-order valence-electron chi connectivity index (χ3n) is 7.17. The topological polar surface area (TPSA) is 71.8 Å². The summed E-state index contributed by atoms with van der Waals surface area (Å²) in [6.07, 6.45) is 4.32. The first-order valence-electron chi connectivity index (χ1n) is 11.4. The lowest BCUT2D eigenvalue weighted by atomic mass is 9.85. The number of carbonyl (C=O) groups excluding carboxylic acids is 1. The van der Waals surface area contributed by atoms with Crippen LogP contribution in [0.1, 0.15) is 36.0 Å². The van der Waals surface area contributed by atoms with Crippen LogP contribution in [-0.2, 0) is 4.74 Å². The van der Waals surface area contributed by atoms with Gasteiger partial charge in [0, 0.05) is 29.6 Å². The predicted molar refractivity (Wildman–Crippen MR) is 122 cm³/mol. The van der Waals surface area contributed by atoms with Crippen LogP contribution in [0.5, 0.6) is 0 Å². The lowest BCUT2D eigenvalue weighted by Gasteiger charge is -2.47. The summed E-state index contributed by atoms with van der Waals surface area (Å²) in [5.41, 5.74) is 1.67. The number of ether oxygens (including phenoxy) is 1. The molecule has 6 nitrogen and oxygen atoms in total. The van der Waals surface area contributed by atoms with E-state index in [1.807, 2.05) is 47.4 Å². The second-order valence-corrected chi connectivity index (χ2v) is 9.37. The molecule has 3 saturated heterocycles. The predicted octanol–water partition coefficient (Wildman–Crippen LogP) is 3.59. The third kappa shape index (κ3) is 3.44. The standard InChI is InChI=1S/C26H26N2O4/c29-24(28-10-11-31-26(16-28)14-20-8-9-21(15-26)27-20)19-6-3-5-17(12-19)22-13-18-4-1-2-7-23(18)32-25(22)30/h1-7,12-13,20-21,27H,8-11,14-16H2/t20-,21+,26?. The molecule has 6 heteroatoms. The van der Waals surface area contributed by atoms with Crippen LogP contribution in [-0.4, -0.2) is 48.2 Å². The number of benzene rings is 2. The molecule has 164 valence electrons. The van der Waals surface area contributed by atoms with Gasteiger partial charge in [0.2, 0.25) is 0 Å². The van der Waals surface area contributed by atoms with Gasteiger partial charge in [-0.3, -0.25) is 4.79 Å². The van der Waals surface area contributed by atoms with Gasteiger partial charge in [-0.05, 0) is 55.5 Å². The fourth-order valence-corrected chi connectivity index (χ4v) is 5.74. The first-order chi connectivity index (χ1) is 15.6. The quantitative estimate of drug-likeness (QED) is 0.629. The molecule has 1 aromatic heterocycles. The molecule has 0 radical (unpaired) electrons. The second kappa shape index (κ2) is 7.57. The number of carbonyl (C=O) groups is 1. The van der Waals surface area contributed by atoms with Gasteiger partial charge >= 0.3 is 5.63 Å². The summed E-state index contributed by atoms with van der Waals surface area (Å²) in [5.74, 6) is -0.00872. The molecule has 0 aliphatic carbocycles. The van der Waals surface area contributed by atoms with Crippen LogP contribution >= 0.6 is 0 Å². The summed E-state index contributed by atoms with van der Waals surface area (Å²) in [5, 5.41) is 4.52. The van der Waals surface area contributed by atoms with Gasteiger partial charge in [0.05, 0.1) is 24.3 Å². The average Bonchev–Trinajstić information content (AvgIpc) is 3.17. The van der Waals surface area contributed by atoms with Gasteiger partial charge in [-0.15, -0.1) is 0 Å². The number of fused-ring (bicyclic) bond motifs is 3. The Morgan fingerprint density at radius 3 is 2.69 bits per heavy atom. The number of amides is 1. The fraction of sp³-hybridized carbons (Fsp3) is 0.385. The van der Waals surface area contributed by atoms with Gasteiger partial charge in [-0.2, -0.15) is 0 Å². The van der Waals surface area contributed by atoms with Crippen LogP contribution in [0.3, 0.4) is 0 Å². The molecule has 32 heavy (non-hydrogen) atoms. The number of hydrogen-bond acceptors (Lipinski definition) is 5. The normalized spacial score (nSPS) is 27.2. The Bertz CT molecular complexity index is 1240. The summed E-state index contributed by atoms with van der Waals surface area (Å²) in [6.45, 7) is 1.79. The number of nitrogens with zero attached hydrogens (tertiary/aromatic N) is 1. The maximum absolute atomic E-state index is 13.4. The highest BCUT2D eigenvalue weighted by molar-refractivity contribution is 5.96. The summed E-state index contributed by atoms with van der Waals surface area (Å²) in [6, 6.07) is 17.6. The lowest BCUT2D eigenvalue weighted by Crippen LogP contribution is -2.60. The first-order valence-corrected chi connectivity index (χ1v) is 11.4. The molecule has 3 aliphatic rings. The molecule has 3 aromatic rings. The Morgan fingerprint density at radius 2 is 1.84 bits per heavy atom. The zero-order chi connectivity index (χ0) is 21.7. The number of rotatable bonds is 2. The Balaban J connectivity index is 1.28. The van der Waals surface area contributed by atoms with Gasteiger partial charge < -0.3 is 19.4 Å². The monoisotopic (exact) mass is 430 g/mol. The summed E-state index contributed by atoms with van der Waals surface area (Å²) >= 11 is 0. The minimum absolute atomic E-state index is 0.00872. The molecule has 3 atom stereocenters. The van der Waals surface area contributed by atoms with Crippen LogP contribution in [0.15, 0.2) is 63.8 Å². The van der Waals surface area contributed by atoms with E-state index >= 15 is 0 Å². The van der Waals surface area contributed by atoms with Crippen LogP contribution in [0.4, 0.5) is 0 Å². The molecule has 3 aliphatic heterocycles.